The summed E-state index contributed by atoms with van der Waals surface area (Å²) in [6, 6.07) is 0. The fourth-order valence-electron chi connectivity index (χ4n) is 1.36. The molecular formula is C14H12F18O4. The first-order valence-electron chi connectivity index (χ1n) is 8.23. The largest absolute Gasteiger partial charge is 0.527 e. The predicted octanol–water partition coefficient (Wildman–Crippen LogP) is 7.32. The van der Waals surface area contributed by atoms with E-state index >= 15 is 0 Å². The summed E-state index contributed by atoms with van der Waals surface area (Å²) in [6.45, 7) is 7.14. The number of hydrogen-bond acceptors (Lipinski definition) is 4. The molecule has 0 saturated carbocycles. The Kier molecular flexibility index (Phi) is 12.0. The molecule has 0 aliphatic carbocycles. The van der Waals surface area contributed by atoms with Crippen LogP contribution in [0.2, 0.25) is 0 Å². The Morgan fingerprint density at radius 3 is 1.03 bits per heavy atom. The second kappa shape index (κ2) is 11.8. The zero-order valence-corrected chi connectivity index (χ0v) is 16.8. The van der Waals surface area contributed by atoms with Crippen molar-refractivity contribution in [2.45, 2.75) is 62.3 Å². The van der Waals surface area contributed by atoms with E-state index in [9.17, 15) is 79.0 Å². The molecule has 4 nitrogen and oxygen atoms in total. The van der Waals surface area contributed by atoms with Gasteiger partial charge in [0.1, 0.15) is 0 Å². The molecule has 0 aromatic heterocycles. The van der Waals surface area contributed by atoms with Crippen molar-refractivity contribution in [1.29, 1.82) is 0 Å². The lowest BCUT2D eigenvalue weighted by molar-refractivity contribution is -0.556. The molecule has 0 amide bonds. The fourth-order valence-corrected chi connectivity index (χ4v) is 1.36. The minimum atomic E-state index is -7.92. The highest BCUT2D eigenvalue weighted by atomic mass is 19.4. The second-order valence-corrected chi connectivity index (χ2v) is 5.78. The molecule has 0 saturated heterocycles. The maximum absolute atomic E-state index is 12.8. The van der Waals surface area contributed by atoms with Crippen LogP contribution >= 0.6 is 0 Å². The third-order valence-electron chi connectivity index (χ3n) is 2.79. The van der Waals surface area contributed by atoms with Gasteiger partial charge in [0.2, 0.25) is 0 Å². The Hall–Kier alpha value is -1.68. The topological polar surface area (TPSA) is 36.9 Å². The Morgan fingerprint density at radius 2 is 0.806 bits per heavy atom. The maximum atomic E-state index is 12.8. The minimum Gasteiger partial charge on any atom is -0.377 e. The first-order valence-corrected chi connectivity index (χ1v) is 8.23. The van der Waals surface area contributed by atoms with E-state index in [1.165, 1.54) is 9.47 Å². The fraction of sp³-hybridized carbons (Fsp3) is 0.857. The molecule has 0 spiro atoms. The van der Waals surface area contributed by atoms with Crippen LogP contribution in [0, 0.1) is 0 Å². The van der Waals surface area contributed by atoms with Gasteiger partial charge in [-0.1, -0.05) is 13.0 Å². The number of hydrogen-bond donors (Lipinski definition) is 0. The summed E-state index contributed by atoms with van der Waals surface area (Å²) in [5, 5.41) is 0. The summed E-state index contributed by atoms with van der Waals surface area (Å²) in [4.78, 5) is 0. The molecule has 218 valence electrons. The highest BCUT2D eigenvalue weighted by molar-refractivity contribution is 4.92. The Morgan fingerprint density at radius 1 is 0.528 bits per heavy atom. The number of halogens is 18. The zero-order chi connectivity index (χ0) is 29.7. The van der Waals surface area contributed by atoms with E-state index in [0.717, 1.165) is 17.8 Å². The van der Waals surface area contributed by atoms with E-state index < -0.39 is 49.0 Å². The van der Waals surface area contributed by atoms with Crippen molar-refractivity contribution < 1.29 is 98.0 Å². The van der Waals surface area contributed by atoms with Gasteiger partial charge in [-0.15, -0.1) is 32.9 Å². The molecule has 36 heavy (non-hydrogen) atoms. The zero-order valence-electron chi connectivity index (χ0n) is 16.8. The van der Waals surface area contributed by atoms with E-state index in [4.69, 9.17) is 4.74 Å². The van der Waals surface area contributed by atoms with E-state index in [-0.39, 0.29) is 0 Å². The molecule has 0 bridgehead atoms. The second-order valence-electron chi connectivity index (χ2n) is 5.78. The normalized spacial score (nSPS) is 14.9. The third kappa shape index (κ3) is 10.00. The lowest BCUT2D eigenvalue weighted by Gasteiger charge is -2.36. The standard InChI is InChI=1S/C8F18O3.C6H12O/c9-1(10,5(17,18)28-7(21,22)23)3(13,14)27-4(15,16)2(11,12)6(19,20)29-8(24,25)26;1-3-5-7-6-4-2/h;3H,1,4-6H2,2H3. The summed E-state index contributed by atoms with van der Waals surface area (Å²) in [7, 11) is 0. The van der Waals surface area contributed by atoms with E-state index in [1.54, 1.807) is 6.08 Å². The van der Waals surface area contributed by atoms with Crippen LogP contribution in [0.3, 0.4) is 0 Å². The molecule has 0 aliphatic rings. The smallest absolute Gasteiger partial charge is 0.377 e. The van der Waals surface area contributed by atoms with Crippen LogP contribution in [0.4, 0.5) is 79.0 Å². The minimum absolute atomic E-state index is 0.688. The molecule has 0 unspecified atom stereocenters. The molecule has 0 aromatic rings. The maximum Gasteiger partial charge on any atom is 0.527 e. The highest BCUT2D eigenvalue weighted by Gasteiger charge is 2.83. The molecule has 0 atom stereocenters. The van der Waals surface area contributed by atoms with Gasteiger partial charge < -0.3 is 4.74 Å². The quantitative estimate of drug-likeness (QED) is 0.137. The van der Waals surface area contributed by atoms with Crippen LogP contribution in [0.5, 0.6) is 0 Å². The van der Waals surface area contributed by atoms with Crippen LogP contribution in [0.15, 0.2) is 12.7 Å². The van der Waals surface area contributed by atoms with Gasteiger partial charge in [-0.05, 0) is 6.42 Å². The first kappa shape index (κ1) is 36.5. The molecule has 0 heterocycles. The van der Waals surface area contributed by atoms with Gasteiger partial charge in [-0.3, -0.25) is 0 Å². The van der Waals surface area contributed by atoms with Gasteiger partial charge in [-0.2, -0.15) is 52.7 Å². The van der Waals surface area contributed by atoms with Crippen LogP contribution in [-0.4, -0.2) is 62.2 Å². The SMILES string of the molecule is C=CCOCCC.FC(F)(F)OC(F)(F)C(F)(F)C(F)(F)OC(F)(F)C(F)(F)C(F)(F)OC(F)(F)F. The Balaban J connectivity index is 0. The molecule has 0 aromatic carbocycles. The number of rotatable bonds is 12. The lowest BCUT2D eigenvalue weighted by Crippen LogP contribution is -2.64. The molecule has 0 N–H and O–H groups in total. The van der Waals surface area contributed by atoms with Gasteiger partial charge in [0.15, 0.2) is 0 Å². The lowest BCUT2D eigenvalue weighted by atomic mass is 10.2. The monoisotopic (exact) mass is 586 g/mol. The molecule has 22 heteroatoms. The molecule has 0 aliphatic heterocycles. The van der Waals surface area contributed by atoms with Crippen molar-refractivity contribution >= 4 is 0 Å². The van der Waals surface area contributed by atoms with Gasteiger partial charge in [0, 0.05) is 6.61 Å². The summed E-state index contributed by atoms with van der Waals surface area (Å²) in [5.41, 5.74) is 0. The Bertz CT molecular complexity index is 634. The van der Waals surface area contributed by atoms with Crippen molar-refractivity contribution in [2.75, 3.05) is 13.2 Å². The summed E-state index contributed by atoms with van der Waals surface area (Å²) in [5.74, 6) is -15.8. The van der Waals surface area contributed by atoms with Gasteiger partial charge in [0.25, 0.3) is 0 Å². The average molecular weight is 586 g/mol. The van der Waals surface area contributed by atoms with Crippen molar-refractivity contribution in [2.24, 2.45) is 0 Å². The van der Waals surface area contributed by atoms with Crippen LogP contribution in [-0.2, 0) is 18.9 Å². The van der Waals surface area contributed by atoms with Crippen molar-refractivity contribution in [3.8, 4) is 0 Å². The third-order valence-corrected chi connectivity index (χ3v) is 2.79. The summed E-state index contributed by atoms with van der Waals surface area (Å²) in [6.07, 6.45) is -41.7. The average Bonchev–Trinajstić information content (AvgIpc) is 2.57. The molecule has 0 fully saturated rings. The first-order chi connectivity index (χ1) is 15.5. The Labute approximate surface area is 187 Å². The number of ether oxygens (including phenoxy) is 4. The van der Waals surface area contributed by atoms with Crippen molar-refractivity contribution in [1.82, 2.24) is 0 Å². The molecule has 0 radical (unpaired) electrons. The predicted molar refractivity (Wildman–Crippen MR) is 76.4 cm³/mol. The van der Waals surface area contributed by atoms with Crippen LogP contribution in [0.1, 0.15) is 13.3 Å². The summed E-state index contributed by atoms with van der Waals surface area (Å²) < 4.78 is 230. The van der Waals surface area contributed by atoms with Crippen molar-refractivity contribution in [3.63, 3.8) is 0 Å². The van der Waals surface area contributed by atoms with Gasteiger partial charge in [-0.25, -0.2) is 14.2 Å². The summed E-state index contributed by atoms with van der Waals surface area (Å²) >= 11 is 0. The van der Waals surface area contributed by atoms with Crippen LogP contribution < -0.4 is 0 Å². The van der Waals surface area contributed by atoms with E-state index in [1.807, 2.05) is 0 Å². The van der Waals surface area contributed by atoms with E-state index in [0.29, 0.717) is 6.61 Å². The van der Waals surface area contributed by atoms with Crippen molar-refractivity contribution in [3.05, 3.63) is 12.7 Å². The molecular weight excluding hydrogens is 574 g/mol. The molecule has 0 rings (SSSR count). The van der Waals surface area contributed by atoms with Crippen LogP contribution in [0.25, 0.3) is 0 Å². The van der Waals surface area contributed by atoms with Gasteiger partial charge >= 0.3 is 49.0 Å². The number of alkyl halides is 18. The van der Waals surface area contributed by atoms with E-state index in [2.05, 4.69) is 13.5 Å². The van der Waals surface area contributed by atoms with Gasteiger partial charge in [0.05, 0.1) is 6.61 Å². The highest BCUT2D eigenvalue weighted by Crippen LogP contribution is 2.55.